The predicted octanol–water partition coefficient (Wildman–Crippen LogP) is 0.835. The molecule has 6 heteroatoms. The molecule has 1 rings (SSSR count). The van der Waals surface area contributed by atoms with Gasteiger partial charge in [0.2, 0.25) is 10.0 Å². The maximum atomic E-state index is 13.1. The van der Waals surface area contributed by atoms with Gasteiger partial charge >= 0.3 is 0 Å². The van der Waals surface area contributed by atoms with Crippen molar-refractivity contribution in [2.24, 2.45) is 5.73 Å². The number of rotatable bonds is 4. The van der Waals surface area contributed by atoms with Crippen molar-refractivity contribution in [3.63, 3.8) is 0 Å². The van der Waals surface area contributed by atoms with E-state index in [9.17, 15) is 12.8 Å². The van der Waals surface area contributed by atoms with Gasteiger partial charge in [0, 0.05) is 6.54 Å². The first-order valence-electron chi connectivity index (χ1n) is 4.41. The first-order valence-corrected chi connectivity index (χ1v) is 6.06. The lowest BCUT2D eigenvalue weighted by Gasteiger charge is -2.07. The monoisotopic (exact) mass is 232 g/mol. The summed E-state index contributed by atoms with van der Waals surface area (Å²) in [4.78, 5) is 0. The van der Waals surface area contributed by atoms with Gasteiger partial charge in [0.15, 0.2) is 0 Å². The highest BCUT2D eigenvalue weighted by molar-refractivity contribution is 7.92. The van der Waals surface area contributed by atoms with Crippen LogP contribution in [0.15, 0.2) is 18.2 Å². The van der Waals surface area contributed by atoms with Gasteiger partial charge in [0.05, 0.1) is 11.4 Å². The van der Waals surface area contributed by atoms with E-state index in [0.717, 1.165) is 6.07 Å². The zero-order valence-electron chi connectivity index (χ0n) is 8.33. The maximum Gasteiger partial charge on any atom is 0.233 e. The van der Waals surface area contributed by atoms with E-state index in [1.807, 2.05) is 0 Å². The van der Waals surface area contributed by atoms with Gasteiger partial charge in [0.1, 0.15) is 5.82 Å². The fourth-order valence-corrected chi connectivity index (χ4v) is 1.94. The molecule has 1 aromatic rings. The van der Waals surface area contributed by atoms with E-state index in [1.165, 1.54) is 12.1 Å². The average molecular weight is 232 g/mol. The Bertz CT molecular complexity index is 445. The first kappa shape index (κ1) is 11.9. The van der Waals surface area contributed by atoms with E-state index in [4.69, 9.17) is 5.73 Å². The molecule has 3 N–H and O–H groups in total. The molecule has 0 aliphatic heterocycles. The zero-order valence-corrected chi connectivity index (χ0v) is 9.14. The summed E-state index contributed by atoms with van der Waals surface area (Å²) in [6.07, 6.45) is 0. The van der Waals surface area contributed by atoms with Gasteiger partial charge in [-0.2, -0.15) is 0 Å². The summed E-state index contributed by atoms with van der Waals surface area (Å²) in [5, 5.41) is 0. The van der Waals surface area contributed by atoms with E-state index in [0.29, 0.717) is 5.56 Å². The Morgan fingerprint density at radius 1 is 1.47 bits per heavy atom. The first-order chi connectivity index (χ1) is 6.94. The molecule has 0 amide bonds. The number of benzene rings is 1. The summed E-state index contributed by atoms with van der Waals surface area (Å²) in [5.74, 6) is -0.620. The summed E-state index contributed by atoms with van der Waals surface area (Å²) in [5.41, 5.74) is 5.81. The van der Waals surface area contributed by atoms with Crippen molar-refractivity contribution in [2.75, 3.05) is 17.0 Å². The molecule has 0 atom stereocenters. The minimum atomic E-state index is -3.46. The normalized spacial score (nSPS) is 11.4. The number of aryl methyl sites for hydroxylation is 1. The van der Waals surface area contributed by atoms with Crippen LogP contribution in [0.4, 0.5) is 10.1 Å². The Morgan fingerprint density at radius 2 is 2.13 bits per heavy atom. The molecule has 0 aliphatic rings. The van der Waals surface area contributed by atoms with Gasteiger partial charge < -0.3 is 5.73 Å². The average Bonchev–Trinajstić information content (AvgIpc) is 2.10. The summed E-state index contributed by atoms with van der Waals surface area (Å²) in [6.45, 7) is 1.64. The van der Waals surface area contributed by atoms with E-state index in [-0.39, 0.29) is 18.0 Å². The Labute approximate surface area is 88.3 Å². The molecule has 0 fully saturated rings. The fraction of sp³-hybridized carbons (Fsp3) is 0.333. The summed E-state index contributed by atoms with van der Waals surface area (Å²) in [7, 11) is -3.46. The van der Waals surface area contributed by atoms with Crippen molar-refractivity contribution in [3.8, 4) is 0 Å². The summed E-state index contributed by atoms with van der Waals surface area (Å²) in [6, 6.07) is 4.16. The fourth-order valence-electron chi connectivity index (χ4n) is 1.04. The van der Waals surface area contributed by atoms with Crippen LogP contribution in [0, 0.1) is 12.7 Å². The molecule has 0 saturated carbocycles. The molecule has 15 heavy (non-hydrogen) atoms. The molecular formula is C9H13FN2O2S. The second-order valence-corrected chi connectivity index (χ2v) is 5.02. The van der Waals surface area contributed by atoms with Crippen molar-refractivity contribution >= 4 is 15.7 Å². The van der Waals surface area contributed by atoms with Crippen LogP contribution in [-0.2, 0) is 10.0 Å². The van der Waals surface area contributed by atoms with Crippen LogP contribution in [0.1, 0.15) is 5.56 Å². The van der Waals surface area contributed by atoms with Crippen LogP contribution < -0.4 is 10.5 Å². The van der Waals surface area contributed by atoms with Gasteiger partial charge in [0.25, 0.3) is 0 Å². The standard InChI is InChI=1S/C9H13FN2O2S/c1-7-2-3-8(6-9(7)10)12-15(13,14)5-4-11/h2-3,6,12H,4-5,11H2,1H3. The Balaban J connectivity index is 2.86. The van der Waals surface area contributed by atoms with Crippen LogP contribution in [0.3, 0.4) is 0 Å². The van der Waals surface area contributed by atoms with E-state index < -0.39 is 15.8 Å². The highest BCUT2D eigenvalue weighted by Crippen LogP contribution is 2.14. The third-order valence-corrected chi connectivity index (χ3v) is 3.15. The molecule has 1 aromatic carbocycles. The second kappa shape index (κ2) is 4.59. The van der Waals surface area contributed by atoms with Crippen molar-refractivity contribution in [1.82, 2.24) is 0 Å². The smallest absolute Gasteiger partial charge is 0.233 e. The number of halogens is 1. The molecule has 84 valence electrons. The van der Waals surface area contributed by atoms with Gasteiger partial charge in [-0.15, -0.1) is 0 Å². The van der Waals surface area contributed by atoms with Crippen molar-refractivity contribution in [2.45, 2.75) is 6.92 Å². The maximum absolute atomic E-state index is 13.1. The van der Waals surface area contributed by atoms with Crippen LogP contribution in [-0.4, -0.2) is 20.7 Å². The Hall–Kier alpha value is -1.14. The van der Waals surface area contributed by atoms with Crippen LogP contribution in [0.5, 0.6) is 0 Å². The highest BCUT2D eigenvalue weighted by atomic mass is 32.2. The lowest BCUT2D eigenvalue weighted by atomic mass is 10.2. The van der Waals surface area contributed by atoms with Gasteiger partial charge in [-0.3, -0.25) is 4.72 Å². The summed E-state index contributed by atoms with van der Waals surface area (Å²) >= 11 is 0. The molecule has 0 heterocycles. The number of hydrogen-bond acceptors (Lipinski definition) is 3. The van der Waals surface area contributed by atoms with Crippen LogP contribution in [0.25, 0.3) is 0 Å². The quantitative estimate of drug-likeness (QED) is 0.807. The van der Waals surface area contributed by atoms with Crippen LogP contribution >= 0.6 is 0 Å². The highest BCUT2D eigenvalue weighted by Gasteiger charge is 2.09. The molecular weight excluding hydrogens is 219 g/mol. The molecule has 0 spiro atoms. The largest absolute Gasteiger partial charge is 0.329 e. The predicted molar refractivity (Wildman–Crippen MR) is 57.6 cm³/mol. The minimum absolute atomic E-state index is 0.0314. The zero-order chi connectivity index (χ0) is 11.5. The molecule has 0 bridgehead atoms. The Morgan fingerprint density at radius 3 is 2.67 bits per heavy atom. The van der Waals surface area contributed by atoms with E-state index in [2.05, 4.69) is 4.72 Å². The summed E-state index contributed by atoms with van der Waals surface area (Å²) < 4.78 is 37.9. The minimum Gasteiger partial charge on any atom is -0.329 e. The molecule has 0 radical (unpaired) electrons. The number of nitrogens with one attached hydrogen (secondary N) is 1. The van der Waals surface area contributed by atoms with E-state index in [1.54, 1.807) is 6.92 Å². The van der Waals surface area contributed by atoms with E-state index >= 15 is 0 Å². The molecule has 4 nitrogen and oxygen atoms in total. The SMILES string of the molecule is Cc1ccc(NS(=O)(=O)CCN)cc1F. The third-order valence-electron chi connectivity index (χ3n) is 1.83. The van der Waals surface area contributed by atoms with Gasteiger partial charge in [-0.1, -0.05) is 6.07 Å². The number of hydrogen-bond donors (Lipinski definition) is 2. The molecule has 0 unspecified atom stereocenters. The van der Waals surface area contributed by atoms with Crippen molar-refractivity contribution in [1.29, 1.82) is 0 Å². The van der Waals surface area contributed by atoms with Crippen molar-refractivity contribution < 1.29 is 12.8 Å². The van der Waals surface area contributed by atoms with Gasteiger partial charge in [-0.05, 0) is 24.6 Å². The van der Waals surface area contributed by atoms with Crippen molar-refractivity contribution in [3.05, 3.63) is 29.6 Å². The molecule has 0 aromatic heterocycles. The van der Waals surface area contributed by atoms with Crippen LogP contribution in [0.2, 0.25) is 0 Å². The number of anilines is 1. The second-order valence-electron chi connectivity index (χ2n) is 3.17. The topological polar surface area (TPSA) is 72.2 Å². The lowest BCUT2D eigenvalue weighted by molar-refractivity contribution is 0.600. The molecule has 0 aliphatic carbocycles. The Kier molecular flexibility index (Phi) is 3.65. The lowest BCUT2D eigenvalue weighted by Crippen LogP contribution is -2.22. The molecule has 0 saturated heterocycles. The number of nitrogens with two attached hydrogens (primary N) is 1. The van der Waals surface area contributed by atoms with Gasteiger partial charge in [-0.25, -0.2) is 12.8 Å². The number of sulfonamides is 1. The third kappa shape index (κ3) is 3.49.